The quantitative estimate of drug-likeness (QED) is 0.0174. The summed E-state index contributed by atoms with van der Waals surface area (Å²) in [6.45, 7) is 20.0. The topological polar surface area (TPSA) is 378 Å². The van der Waals surface area contributed by atoms with Crippen molar-refractivity contribution in [2.45, 2.75) is 148 Å². The first kappa shape index (κ1) is 105. The third-order valence-corrected chi connectivity index (χ3v) is 21.6. The molecule has 8 N–H and O–H groups in total. The Kier molecular flexibility index (Phi) is 48.5. The number of carboxylic acid groups (broad SMARTS) is 3. The Hall–Kier alpha value is -3.51. The summed E-state index contributed by atoms with van der Waals surface area (Å²) < 4.78 is 63.0. The van der Waals surface area contributed by atoms with E-state index in [0.717, 1.165) is 11.3 Å². The Labute approximate surface area is 662 Å². The number of hydrogen-bond donors (Lipinski definition) is 6. The fourth-order valence-corrected chi connectivity index (χ4v) is 15.6. The van der Waals surface area contributed by atoms with Crippen molar-refractivity contribution in [2.75, 3.05) is 91.6 Å². The van der Waals surface area contributed by atoms with Crippen LogP contribution in [0.5, 0.6) is 0 Å². The van der Waals surface area contributed by atoms with E-state index in [0.29, 0.717) is 123 Å². The molecule has 9 rings (SSSR count). The first-order chi connectivity index (χ1) is 45.9. The molecule has 36 heteroatoms. The number of carbonyl (C=O) groups is 9. The number of rotatable bonds is 23. The second-order valence-electron chi connectivity index (χ2n) is 25.7. The van der Waals surface area contributed by atoms with Gasteiger partial charge in [-0.2, -0.15) is 4.21 Å². The average molecular weight is 1710 g/mol. The molecule has 4 aromatic heterocycles. The number of esters is 3. The van der Waals surface area contributed by atoms with E-state index in [1.807, 2.05) is 41.5 Å². The highest BCUT2D eigenvalue weighted by Crippen LogP contribution is 2.40. The summed E-state index contributed by atoms with van der Waals surface area (Å²) in [7, 11) is 5.86. The third kappa shape index (κ3) is 36.8. The molecule has 5 aliphatic heterocycles. The first-order valence-corrected chi connectivity index (χ1v) is 39.6. The van der Waals surface area contributed by atoms with Gasteiger partial charge in [-0.05, 0) is 99.2 Å². The van der Waals surface area contributed by atoms with Gasteiger partial charge < -0.3 is 64.7 Å². The highest BCUT2D eigenvalue weighted by atomic mass is 36.0. The zero-order chi connectivity index (χ0) is 74.8. The Bertz CT molecular complexity index is 3270. The number of aliphatic carboxylic acids is 2. The average Bonchev–Trinajstić information content (AvgIpc) is 1.65. The standard InChI is InChI=1S/2C15H19ClO4S.C11H11ClO4S.C9H17NO3.C5H3ClO2S.C5H9NO3.C4H10Cl2O2S.4CH4.ClH/c2*1-10(2)8-20-14(18)15(5-6-19-9-15)7-11(17)12-3-4-13(16)21-12;12-9-2-1-8(17-9)7(13)5-11(10(14)15)3-4-16-6-11;1-7(2)5-13-8(11)9(10)3-4-12-6-9;6-4-2-1-3(9-4)5(7)8;6-5(4(7)8)1-2-9-3-5;1-4(2)3-9(5,6,7)8;;;;;/h2*3-4,10H,5-9H2,1-2H3;1-2H,3-6H2,(H,14,15);7H,3-6,10H2,1-2H3;1-2H,(H,7,8);1-3,6H2,(H,7,8);4H,3H2,1-2H3,(H,7,8);4*1H4;1H/t15-;;11-;;;;;;;;;/m0.1........./s1. The molecule has 0 bridgehead atoms. The van der Waals surface area contributed by atoms with Crippen molar-refractivity contribution in [3.63, 3.8) is 0 Å². The molecule has 5 atom stereocenters. The van der Waals surface area contributed by atoms with Gasteiger partial charge in [-0.25, -0.2) is 9.59 Å². The number of Topliss-reactive ketones (excluding diaryl/α,β-unsaturated/α-hetero) is 3. The van der Waals surface area contributed by atoms with Crippen LogP contribution in [0.3, 0.4) is 0 Å². The smallest absolute Gasteiger partial charge is 0.345 e. The maximum absolute atomic E-state index is 12.4. The summed E-state index contributed by atoms with van der Waals surface area (Å²) in [6, 6.07) is 13.1. The molecule has 0 amide bonds. The maximum atomic E-state index is 12.4. The molecule has 5 aliphatic rings. The monoisotopic (exact) mass is 1710 g/mol. The molecular weight excluding hydrogens is 1610 g/mol. The summed E-state index contributed by atoms with van der Waals surface area (Å²) in [4.78, 5) is 106. The molecule has 0 aromatic carbocycles. The summed E-state index contributed by atoms with van der Waals surface area (Å²) in [5, 5.41) is 26.0. The van der Waals surface area contributed by atoms with Crippen molar-refractivity contribution in [1.29, 1.82) is 0 Å². The summed E-state index contributed by atoms with van der Waals surface area (Å²) in [5.41, 5.74) is 6.41. The lowest BCUT2D eigenvalue weighted by Crippen LogP contribution is -2.49. The van der Waals surface area contributed by atoms with Gasteiger partial charge >= 0.3 is 35.8 Å². The predicted molar refractivity (Wildman–Crippen MR) is 418 cm³/mol. The lowest BCUT2D eigenvalue weighted by molar-refractivity contribution is -0.157. The van der Waals surface area contributed by atoms with Crippen molar-refractivity contribution >= 4 is 186 Å². The van der Waals surface area contributed by atoms with Gasteiger partial charge in [-0.3, -0.25) is 38.1 Å². The molecule has 0 saturated carbocycles. The van der Waals surface area contributed by atoms with E-state index in [2.05, 4.69) is 0 Å². The molecule has 9 heterocycles. The third-order valence-electron chi connectivity index (χ3n) is 14.6. The Morgan fingerprint density at radius 2 is 0.721 bits per heavy atom. The molecule has 4 aromatic rings. The van der Waals surface area contributed by atoms with Crippen molar-refractivity contribution < 1.29 is 105 Å². The molecule has 598 valence electrons. The molecule has 0 radical (unpaired) electrons. The van der Waals surface area contributed by atoms with E-state index >= 15 is 0 Å². The van der Waals surface area contributed by atoms with Gasteiger partial charge in [0.1, 0.15) is 32.2 Å². The van der Waals surface area contributed by atoms with Gasteiger partial charge in [0.25, 0.3) is 0 Å². The maximum Gasteiger partial charge on any atom is 0.345 e. The van der Waals surface area contributed by atoms with Crippen LogP contribution in [0.2, 0.25) is 17.3 Å². The van der Waals surface area contributed by atoms with Crippen LogP contribution in [0, 0.1) is 39.9 Å². The largest absolute Gasteiger partial charge is 0.481 e. The fraction of sp³-hybridized carbons (Fsp3) is 0.632. The number of carboxylic acids is 3. The highest BCUT2D eigenvalue weighted by Gasteiger charge is 2.48. The minimum absolute atomic E-state index is 0. The molecular formula is C68H105Cl7N2O22S5. The lowest BCUT2D eigenvalue weighted by Gasteiger charge is -2.27. The second kappa shape index (κ2) is 48.2. The molecule has 3 unspecified atom stereocenters. The molecule has 24 nitrogen and oxygen atoms in total. The first-order valence-electron chi connectivity index (χ1n) is 31.1. The van der Waals surface area contributed by atoms with Crippen LogP contribution in [0.4, 0.5) is 0 Å². The number of hydrogen-bond acceptors (Lipinski definition) is 24. The van der Waals surface area contributed by atoms with Crippen LogP contribution in [-0.4, -0.2) is 180 Å². The Morgan fingerprint density at radius 1 is 0.442 bits per heavy atom. The van der Waals surface area contributed by atoms with Crippen molar-refractivity contribution in [1.82, 2.24) is 0 Å². The van der Waals surface area contributed by atoms with Crippen LogP contribution < -0.4 is 11.5 Å². The number of carbonyl (C=O) groups excluding carboxylic acids is 6. The van der Waals surface area contributed by atoms with E-state index < -0.39 is 53.0 Å². The molecule has 104 heavy (non-hydrogen) atoms. The molecule has 5 saturated heterocycles. The fourth-order valence-electron chi connectivity index (χ4n) is 9.16. The zero-order valence-corrected chi connectivity index (χ0v) is 65.9. The van der Waals surface area contributed by atoms with E-state index in [9.17, 15) is 52.5 Å². The number of ether oxygens (including phenoxy) is 8. The van der Waals surface area contributed by atoms with Crippen molar-refractivity contribution in [3.8, 4) is 0 Å². The van der Waals surface area contributed by atoms with Gasteiger partial charge in [0.2, 0.25) is 0 Å². The zero-order valence-electron chi connectivity index (χ0n) is 56.5. The molecule has 5 fully saturated rings. The molecule has 0 spiro atoms. The Balaban J connectivity index is -0.00000117. The van der Waals surface area contributed by atoms with Gasteiger partial charge in [0.15, 0.2) is 17.3 Å². The van der Waals surface area contributed by atoms with E-state index in [1.165, 1.54) is 40.1 Å². The number of nitrogens with two attached hydrogens (primary N) is 2. The van der Waals surface area contributed by atoms with Gasteiger partial charge in [0.05, 0.1) is 90.6 Å². The number of halogens is 7. The minimum Gasteiger partial charge on any atom is -0.481 e. The van der Waals surface area contributed by atoms with Crippen molar-refractivity contribution in [2.24, 2.45) is 51.4 Å². The van der Waals surface area contributed by atoms with Gasteiger partial charge in [-0.15, -0.1) is 57.8 Å². The second-order valence-corrected chi connectivity index (χ2v) is 38.9. The number of ketones is 3. The normalized spacial score (nSPS) is 21.5. The van der Waals surface area contributed by atoms with Gasteiger partial charge in [-0.1, -0.05) is 132 Å². The summed E-state index contributed by atoms with van der Waals surface area (Å²) in [6.07, 6.45) is 2.60. The lowest BCUT2D eigenvalue weighted by atomic mass is 9.82. The van der Waals surface area contributed by atoms with Crippen LogP contribution in [0.25, 0.3) is 0 Å². The Morgan fingerprint density at radius 3 is 0.923 bits per heavy atom. The number of thiophene rings is 4. The van der Waals surface area contributed by atoms with Crippen LogP contribution in [0.15, 0.2) is 48.5 Å². The van der Waals surface area contributed by atoms with E-state index in [1.54, 1.807) is 56.3 Å². The van der Waals surface area contributed by atoms with Crippen LogP contribution in [-0.2, 0) is 69.6 Å². The van der Waals surface area contributed by atoms with Crippen molar-refractivity contribution in [3.05, 3.63) is 85.4 Å². The van der Waals surface area contributed by atoms with Crippen LogP contribution >= 0.6 is 126 Å². The SMILES string of the molecule is C.C.C.C.CC(C)COC(=O)C1(CC(=O)c2ccc(Cl)s2)CCOC1.CC(C)COC(=O)C1(N)CCOC1.CC(C)COC(=O)[C@]1(CC(=O)c2ccc(Cl)s2)CCOC1.CC(C)CS(=O)(O)(Cl)Cl.Cl.NC1(C(=O)O)CCOC1.O=C(C[C@]1(C(=O)O)CCOC1)c1ccc(Cl)s1.O=C(O)c1ccc(Cl)s1. The summed E-state index contributed by atoms with van der Waals surface area (Å²) >= 11 is 27.6. The number of aromatic carboxylic acids is 1. The van der Waals surface area contributed by atoms with E-state index in [-0.39, 0.29) is 158 Å². The highest BCUT2D eigenvalue weighted by molar-refractivity contribution is 8.50. The predicted octanol–water partition coefficient (Wildman–Crippen LogP) is 16.4. The summed E-state index contributed by atoms with van der Waals surface area (Å²) in [5.74, 6) is -3.38. The van der Waals surface area contributed by atoms with Crippen LogP contribution in [0.1, 0.15) is 175 Å². The van der Waals surface area contributed by atoms with Gasteiger partial charge in [0, 0.05) is 86.5 Å². The minimum atomic E-state index is -4.26. The van der Waals surface area contributed by atoms with E-state index in [4.69, 9.17) is 132 Å². The molecule has 0 aliphatic carbocycles.